The summed E-state index contributed by atoms with van der Waals surface area (Å²) in [4.78, 5) is 11.6. The van der Waals surface area contributed by atoms with Gasteiger partial charge in [-0.1, -0.05) is 22.0 Å². The normalized spacial score (nSPS) is 10.9. The van der Waals surface area contributed by atoms with Crippen LogP contribution in [-0.2, 0) is 16.2 Å². The minimum atomic E-state index is -4.71. The average molecular weight is 336 g/mol. The highest BCUT2D eigenvalue weighted by Gasteiger charge is 2.38. The van der Waals surface area contributed by atoms with E-state index in [9.17, 15) is 18.0 Å². The van der Waals surface area contributed by atoms with Crippen LogP contribution < -0.4 is 0 Å². The lowest BCUT2D eigenvalue weighted by atomic mass is 9.97. The summed E-state index contributed by atoms with van der Waals surface area (Å²) < 4.78 is 43.6. The maximum Gasteiger partial charge on any atom is 0.418 e. The van der Waals surface area contributed by atoms with E-state index in [0.717, 1.165) is 6.07 Å². The third-order valence-corrected chi connectivity index (χ3v) is 2.93. The topological polar surface area (TPSA) is 50.1 Å². The first-order valence-corrected chi connectivity index (χ1v) is 6.35. The zero-order chi connectivity index (χ0) is 14.6. The van der Waals surface area contributed by atoms with Gasteiger partial charge in [0.25, 0.3) is 0 Å². The summed E-state index contributed by atoms with van der Waals surface area (Å²) in [5.41, 5.74) is -2.28. The van der Waals surface area contributed by atoms with Crippen molar-refractivity contribution in [3.05, 3.63) is 34.4 Å². The Morgan fingerprint density at radius 1 is 1.47 bits per heavy atom. The van der Waals surface area contributed by atoms with Crippen LogP contribution in [0.3, 0.4) is 0 Å². The molecule has 0 bridgehead atoms. The van der Waals surface area contributed by atoms with Gasteiger partial charge in [-0.25, -0.2) is 4.79 Å². The Hall–Kier alpha value is -1.55. The van der Waals surface area contributed by atoms with Crippen molar-refractivity contribution in [3.63, 3.8) is 0 Å². The second kappa shape index (κ2) is 6.06. The van der Waals surface area contributed by atoms with Crippen molar-refractivity contribution in [2.45, 2.75) is 18.4 Å². The van der Waals surface area contributed by atoms with E-state index in [2.05, 4.69) is 20.7 Å². The molecule has 19 heavy (non-hydrogen) atoms. The van der Waals surface area contributed by atoms with Crippen LogP contribution in [0.1, 0.15) is 34.0 Å². The van der Waals surface area contributed by atoms with Gasteiger partial charge in [0.15, 0.2) is 0 Å². The summed E-state index contributed by atoms with van der Waals surface area (Å²) in [6.07, 6.45) is -4.71. The molecule has 0 radical (unpaired) electrons. The van der Waals surface area contributed by atoms with Crippen molar-refractivity contribution in [2.75, 3.05) is 6.61 Å². The molecule has 0 aliphatic rings. The molecule has 3 nitrogen and oxygen atoms in total. The minimum absolute atomic E-state index is 0.0191. The molecule has 0 amide bonds. The van der Waals surface area contributed by atoms with Crippen LogP contribution in [0.5, 0.6) is 0 Å². The molecule has 0 aromatic heterocycles. The molecule has 7 heteroatoms. The number of hydrogen-bond acceptors (Lipinski definition) is 3. The van der Waals surface area contributed by atoms with Gasteiger partial charge in [-0.3, -0.25) is 0 Å². The molecule has 0 N–H and O–H groups in total. The number of nitrogens with zero attached hydrogens (tertiary/aromatic N) is 1. The van der Waals surface area contributed by atoms with E-state index in [1.54, 1.807) is 0 Å². The van der Waals surface area contributed by atoms with Crippen LogP contribution in [0.25, 0.3) is 0 Å². The van der Waals surface area contributed by atoms with E-state index < -0.39 is 23.3 Å². The molecule has 1 aromatic rings. The SMILES string of the molecule is CCOC(=O)c1ccc(CBr)c(C(F)(F)F)c1C#N. The smallest absolute Gasteiger partial charge is 0.418 e. The second-order valence-corrected chi connectivity index (χ2v) is 4.05. The maximum absolute atomic E-state index is 13.0. The second-order valence-electron chi connectivity index (χ2n) is 3.49. The summed E-state index contributed by atoms with van der Waals surface area (Å²) >= 11 is 2.93. The lowest BCUT2D eigenvalue weighted by Gasteiger charge is -2.15. The van der Waals surface area contributed by atoms with Crippen LogP contribution >= 0.6 is 15.9 Å². The molecule has 0 spiro atoms. The van der Waals surface area contributed by atoms with Crippen LogP contribution in [0.4, 0.5) is 13.2 Å². The van der Waals surface area contributed by atoms with E-state index in [4.69, 9.17) is 5.26 Å². The van der Waals surface area contributed by atoms with Gasteiger partial charge in [-0.2, -0.15) is 18.4 Å². The van der Waals surface area contributed by atoms with Gasteiger partial charge in [0.05, 0.1) is 23.3 Å². The van der Waals surface area contributed by atoms with Crippen LogP contribution in [0.15, 0.2) is 12.1 Å². The number of esters is 1. The zero-order valence-corrected chi connectivity index (χ0v) is 11.4. The van der Waals surface area contributed by atoms with Gasteiger partial charge in [-0.15, -0.1) is 0 Å². The number of hydrogen-bond donors (Lipinski definition) is 0. The van der Waals surface area contributed by atoms with E-state index in [1.807, 2.05) is 0 Å². The Kier molecular flexibility index (Phi) is 4.95. The molecule has 0 heterocycles. The number of rotatable bonds is 3. The first-order valence-electron chi connectivity index (χ1n) is 5.23. The first kappa shape index (κ1) is 15.5. The van der Waals surface area contributed by atoms with E-state index in [-0.39, 0.29) is 23.1 Å². The Morgan fingerprint density at radius 3 is 2.53 bits per heavy atom. The number of ether oxygens (including phenoxy) is 1. The Balaban J connectivity index is 3.55. The van der Waals surface area contributed by atoms with Gasteiger partial charge < -0.3 is 4.74 Å². The molecule has 1 rings (SSSR count). The van der Waals surface area contributed by atoms with Gasteiger partial charge in [-0.05, 0) is 18.6 Å². The molecule has 102 valence electrons. The molecule has 1 aromatic carbocycles. The Labute approximate surface area is 116 Å². The molecule has 0 atom stereocenters. The van der Waals surface area contributed by atoms with Crippen molar-refractivity contribution >= 4 is 21.9 Å². The van der Waals surface area contributed by atoms with E-state index in [1.165, 1.54) is 19.1 Å². The number of halogens is 4. The quantitative estimate of drug-likeness (QED) is 0.625. The van der Waals surface area contributed by atoms with Crippen molar-refractivity contribution in [1.82, 2.24) is 0 Å². The van der Waals surface area contributed by atoms with Crippen molar-refractivity contribution < 1.29 is 22.7 Å². The van der Waals surface area contributed by atoms with Crippen LogP contribution in [-0.4, -0.2) is 12.6 Å². The lowest BCUT2D eigenvalue weighted by Crippen LogP contribution is -2.16. The summed E-state index contributed by atoms with van der Waals surface area (Å²) in [7, 11) is 0. The van der Waals surface area contributed by atoms with Crippen LogP contribution in [0.2, 0.25) is 0 Å². The van der Waals surface area contributed by atoms with E-state index in [0.29, 0.717) is 0 Å². The fourth-order valence-electron chi connectivity index (χ4n) is 1.58. The standard InChI is InChI=1S/C12H9BrF3NO2/c1-2-19-11(18)8-4-3-7(5-13)10(9(8)6-17)12(14,15)16/h3-4H,2,5H2,1H3. The lowest BCUT2D eigenvalue weighted by molar-refractivity contribution is -0.138. The predicted octanol–water partition coefficient (Wildman–Crippen LogP) is 3.65. The molecule has 0 aliphatic carbocycles. The monoisotopic (exact) mass is 335 g/mol. The number of benzene rings is 1. The van der Waals surface area contributed by atoms with Gasteiger partial charge in [0.2, 0.25) is 0 Å². The number of nitriles is 1. The molecule has 0 fully saturated rings. The molecule has 0 saturated heterocycles. The Bertz CT molecular complexity index is 535. The summed E-state index contributed by atoms with van der Waals surface area (Å²) in [6, 6.07) is 3.77. The average Bonchev–Trinajstić information content (AvgIpc) is 2.35. The van der Waals surface area contributed by atoms with Crippen molar-refractivity contribution in [2.24, 2.45) is 0 Å². The third kappa shape index (κ3) is 3.26. The van der Waals surface area contributed by atoms with Gasteiger partial charge in [0.1, 0.15) is 6.07 Å². The molecule has 0 saturated carbocycles. The van der Waals surface area contributed by atoms with E-state index >= 15 is 0 Å². The summed E-state index contributed by atoms with van der Waals surface area (Å²) in [5, 5.41) is 8.86. The molecular formula is C12H9BrF3NO2. The molecular weight excluding hydrogens is 327 g/mol. The highest BCUT2D eigenvalue weighted by molar-refractivity contribution is 9.08. The van der Waals surface area contributed by atoms with Gasteiger partial charge >= 0.3 is 12.1 Å². The molecule has 0 unspecified atom stereocenters. The highest BCUT2D eigenvalue weighted by Crippen LogP contribution is 2.37. The third-order valence-electron chi connectivity index (χ3n) is 2.33. The fourth-order valence-corrected chi connectivity index (χ4v) is 2.04. The van der Waals surface area contributed by atoms with Crippen molar-refractivity contribution in [1.29, 1.82) is 5.26 Å². The zero-order valence-electron chi connectivity index (χ0n) is 9.84. The fraction of sp³-hybridized carbons (Fsp3) is 0.333. The number of alkyl halides is 4. The van der Waals surface area contributed by atoms with Crippen molar-refractivity contribution in [3.8, 4) is 6.07 Å². The highest BCUT2D eigenvalue weighted by atomic mass is 79.9. The first-order chi connectivity index (χ1) is 8.86. The molecule has 0 aliphatic heterocycles. The number of carbonyl (C=O) groups is 1. The number of carbonyl (C=O) groups excluding carboxylic acids is 1. The van der Waals surface area contributed by atoms with Gasteiger partial charge in [0, 0.05) is 5.33 Å². The summed E-state index contributed by atoms with van der Waals surface area (Å²) in [5.74, 6) is -0.939. The Morgan fingerprint density at radius 2 is 2.11 bits per heavy atom. The summed E-state index contributed by atoms with van der Waals surface area (Å²) in [6.45, 7) is 1.55. The predicted molar refractivity (Wildman–Crippen MR) is 64.7 cm³/mol. The van der Waals surface area contributed by atoms with Crippen LogP contribution in [0, 0.1) is 11.3 Å². The largest absolute Gasteiger partial charge is 0.462 e. The minimum Gasteiger partial charge on any atom is -0.462 e. The maximum atomic E-state index is 13.0.